The third-order valence-electron chi connectivity index (χ3n) is 13.7. The van der Waals surface area contributed by atoms with Crippen molar-refractivity contribution in [3.05, 3.63) is 223 Å². The molecule has 13 rings (SSSR count). The van der Waals surface area contributed by atoms with Crippen molar-refractivity contribution in [2.75, 3.05) is 4.90 Å². The smallest absolute Gasteiger partial charge is 0.136 e. The molecular weight excluding hydrogens is 795 g/mol. The monoisotopic (exact) mass is 835 g/mol. The van der Waals surface area contributed by atoms with E-state index in [-0.39, 0.29) is 5.41 Å². The van der Waals surface area contributed by atoms with Gasteiger partial charge in [0.2, 0.25) is 0 Å². The van der Waals surface area contributed by atoms with Crippen LogP contribution in [0.1, 0.15) is 25.0 Å². The summed E-state index contributed by atoms with van der Waals surface area (Å²) in [6, 6.07) is 77.9. The lowest BCUT2D eigenvalue weighted by Crippen LogP contribution is -2.16. The van der Waals surface area contributed by atoms with Crippen molar-refractivity contribution < 1.29 is 4.42 Å². The number of anilines is 3. The standard InChI is InChI=1S/C61H41NOS/c1-61(2)54-22-8-5-16-48(54)50-20-11-18-46(59(50)61)38-25-30-43(31-26-38)62(44-32-27-39(28-33-44)47-19-12-21-51-49-17-7-10-24-58(49)64-60(47)51)55-23-9-6-15-45(55)42-29-34-56-52(36-42)53-35-40-13-3-4-14-41(40)37-57(53)63-56/h3-37H,1-2H3. The van der Waals surface area contributed by atoms with Gasteiger partial charge in [0.1, 0.15) is 11.2 Å². The van der Waals surface area contributed by atoms with Gasteiger partial charge in [0.25, 0.3) is 0 Å². The van der Waals surface area contributed by atoms with Crippen LogP contribution in [0, 0.1) is 0 Å². The molecule has 0 amide bonds. The van der Waals surface area contributed by atoms with Gasteiger partial charge in [-0.05, 0) is 122 Å². The van der Waals surface area contributed by atoms with Gasteiger partial charge in [-0.15, -0.1) is 11.3 Å². The lowest BCUT2D eigenvalue weighted by molar-refractivity contribution is 0.662. The Morgan fingerprint density at radius 3 is 1.80 bits per heavy atom. The first kappa shape index (κ1) is 36.9. The van der Waals surface area contributed by atoms with E-state index in [1.165, 1.54) is 75.5 Å². The second-order valence-electron chi connectivity index (χ2n) is 17.6. The minimum Gasteiger partial charge on any atom is -0.456 e. The molecule has 1 aliphatic rings. The molecule has 0 saturated heterocycles. The number of furan rings is 1. The zero-order chi connectivity index (χ0) is 42.5. The molecule has 0 radical (unpaired) electrons. The van der Waals surface area contributed by atoms with Gasteiger partial charge in [0.05, 0.1) is 5.69 Å². The first-order valence-corrected chi connectivity index (χ1v) is 22.9. The zero-order valence-electron chi connectivity index (χ0n) is 35.5. The molecule has 0 N–H and O–H groups in total. The van der Waals surface area contributed by atoms with Crippen molar-refractivity contribution in [1.29, 1.82) is 0 Å². The predicted octanol–water partition coefficient (Wildman–Crippen LogP) is 17.9. The van der Waals surface area contributed by atoms with E-state index in [1.807, 2.05) is 11.3 Å². The molecule has 0 bridgehead atoms. The van der Waals surface area contributed by atoms with Gasteiger partial charge in [-0.1, -0.05) is 166 Å². The van der Waals surface area contributed by atoms with Gasteiger partial charge in [-0.25, -0.2) is 0 Å². The second kappa shape index (κ2) is 14.2. The molecule has 2 heterocycles. The Morgan fingerprint density at radius 2 is 0.984 bits per heavy atom. The Bertz CT molecular complexity index is 3810. The topological polar surface area (TPSA) is 16.4 Å². The highest BCUT2D eigenvalue weighted by molar-refractivity contribution is 7.26. The summed E-state index contributed by atoms with van der Waals surface area (Å²) in [7, 11) is 0. The molecule has 1 aliphatic carbocycles. The SMILES string of the molecule is CC1(C)c2ccccc2-c2cccc(-c3ccc(N(c4ccc(-c5cccc6c5sc5ccccc56)cc4)c4ccccc4-c4ccc5oc6cc7ccccc7cc6c5c4)cc3)c21. The van der Waals surface area contributed by atoms with Crippen molar-refractivity contribution in [3.63, 3.8) is 0 Å². The molecule has 0 spiro atoms. The van der Waals surface area contributed by atoms with Crippen molar-refractivity contribution in [2.24, 2.45) is 0 Å². The van der Waals surface area contributed by atoms with E-state index in [4.69, 9.17) is 4.42 Å². The van der Waals surface area contributed by atoms with Crippen LogP contribution < -0.4 is 4.90 Å². The summed E-state index contributed by atoms with van der Waals surface area (Å²) in [5.41, 5.74) is 17.7. The van der Waals surface area contributed by atoms with Crippen LogP contribution >= 0.6 is 11.3 Å². The largest absolute Gasteiger partial charge is 0.456 e. The first-order valence-electron chi connectivity index (χ1n) is 22.1. The molecule has 0 aliphatic heterocycles. The van der Waals surface area contributed by atoms with Crippen LogP contribution in [0.5, 0.6) is 0 Å². The zero-order valence-corrected chi connectivity index (χ0v) is 36.3. The molecule has 0 fully saturated rings. The molecule has 2 nitrogen and oxygen atoms in total. The quantitative estimate of drug-likeness (QED) is 0.166. The normalized spacial score (nSPS) is 13.0. The van der Waals surface area contributed by atoms with E-state index in [2.05, 4.69) is 231 Å². The summed E-state index contributed by atoms with van der Waals surface area (Å²) in [5.74, 6) is 0. The highest BCUT2D eigenvalue weighted by Crippen LogP contribution is 2.52. The van der Waals surface area contributed by atoms with Crippen LogP contribution in [0.2, 0.25) is 0 Å². The molecular formula is C61H41NOS. The maximum absolute atomic E-state index is 6.46. The average Bonchev–Trinajstić information content (AvgIpc) is 3.98. The average molecular weight is 836 g/mol. The predicted molar refractivity (Wildman–Crippen MR) is 273 cm³/mol. The van der Waals surface area contributed by atoms with Crippen LogP contribution in [-0.4, -0.2) is 0 Å². The van der Waals surface area contributed by atoms with Crippen LogP contribution in [0.15, 0.2) is 217 Å². The Labute approximate surface area is 375 Å². The van der Waals surface area contributed by atoms with Gasteiger partial charge in [0, 0.05) is 53.3 Å². The number of benzene rings is 10. The molecule has 302 valence electrons. The van der Waals surface area contributed by atoms with E-state index in [0.29, 0.717) is 0 Å². The molecule has 12 aromatic rings. The van der Waals surface area contributed by atoms with Gasteiger partial charge >= 0.3 is 0 Å². The fourth-order valence-corrected chi connectivity index (χ4v) is 11.9. The third-order valence-corrected chi connectivity index (χ3v) is 14.9. The second-order valence-corrected chi connectivity index (χ2v) is 18.7. The van der Waals surface area contributed by atoms with Crippen molar-refractivity contribution in [2.45, 2.75) is 19.3 Å². The summed E-state index contributed by atoms with van der Waals surface area (Å²) in [6.07, 6.45) is 0. The summed E-state index contributed by atoms with van der Waals surface area (Å²) in [4.78, 5) is 2.42. The Kier molecular flexibility index (Phi) is 8.16. The summed E-state index contributed by atoms with van der Waals surface area (Å²) < 4.78 is 9.09. The summed E-state index contributed by atoms with van der Waals surface area (Å²) >= 11 is 1.88. The van der Waals surface area contributed by atoms with Gasteiger partial charge in [0.15, 0.2) is 0 Å². The molecule has 3 heteroatoms. The van der Waals surface area contributed by atoms with E-state index in [1.54, 1.807) is 0 Å². The van der Waals surface area contributed by atoms with Gasteiger partial charge in [-0.3, -0.25) is 0 Å². The Balaban J connectivity index is 0.956. The highest BCUT2D eigenvalue weighted by atomic mass is 32.1. The lowest BCUT2D eigenvalue weighted by Gasteiger charge is -2.28. The minimum absolute atomic E-state index is 0.109. The number of hydrogen-bond acceptors (Lipinski definition) is 3. The lowest BCUT2D eigenvalue weighted by atomic mass is 9.79. The van der Waals surface area contributed by atoms with E-state index in [9.17, 15) is 0 Å². The van der Waals surface area contributed by atoms with E-state index in [0.717, 1.165) is 50.1 Å². The Morgan fingerprint density at radius 1 is 0.406 bits per heavy atom. The molecule has 64 heavy (non-hydrogen) atoms. The minimum atomic E-state index is -0.109. The molecule has 2 aromatic heterocycles. The number of thiophene rings is 1. The first-order chi connectivity index (χ1) is 31.5. The number of fused-ring (bicyclic) bond motifs is 10. The summed E-state index contributed by atoms with van der Waals surface area (Å²) in [5, 5.41) is 7.25. The molecule has 0 atom stereocenters. The molecule has 0 saturated carbocycles. The van der Waals surface area contributed by atoms with Gasteiger partial charge < -0.3 is 9.32 Å². The number of para-hydroxylation sites is 1. The van der Waals surface area contributed by atoms with Crippen LogP contribution in [0.25, 0.3) is 97.4 Å². The van der Waals surface area contributed by atoms with Gasteiger partial charge in [-0.2, -0.15) is 0 Å². The number of nitrogens with zero attached hydrogens (tertiary/aromatic N) is 1. The molecule has 0 unspecified atom stereocenters. The van der Waals surface area contributed by atoms with Crippen molar-refractivity contribution >= 4 is 81.3 Å². The third kappa shape index (κ3) is 5.64. The summed E-state index contributed by atoms with van der Waals surface area (Å²) in [6.45, 7) is 4.73. The van der Waals surface area contributed by atoms with Crippen molar-refractivity contribution in [1.82, 2.24) is 0 Å². The highest BCUT2D eigenvalue weighted by Gasteiger charge is 2.37. The molecule has 10 aromatic carbocycles. The van der Waals surface area contributed by atoms with Crippen LogP contribution in [0.4, 0.5) is 17.1 Å². The number of hydrogen-bond donors (Lipinski definition) is 0. The fourth-order valence-electron chi connectivity index (χ4n) is 10.6. The van der Waals surface area contributed by atoms with Crippen LogP contribution in [0.3, 0.4) is 0 Å². The van der Waals surface area contributed by atoms with Crippen molar-refractivity contribution in [3.8, 4) is 44.5 Å². The van der Waals surface area contributed by atoms with Crippen LogP contribution in [-0.2, 0) is 5.41 Å². The maximum Gasteiger partial charge on any atom is 0.136 e. The Hall–Kier alpha value is -7.72. The number of rotatable bonds is 6. The van der Waals surface area contributed by atoms with E-state index >= 15 is 0 Å². The van der Waals surface area contributed by atoms with E-state index < -0.39 is 0 Å². The maximum atomic E-state index is 6.46. The fraction of sp³-hybridized carbons (Fsp3) is 0.0492.